The molecule has 1 saturated carbocycles. The van der Waals surface area contributed by atoms with E-state index in [1.807, 2.05) is 6.92 Å². The molecule has 5 nitrogen and oxygen atoms in total. The molecule has 4 rings (SSSR count). The number of piperidine rings is 1. The van der Waals surface area contributed by atoms with Crippen molar-refractivity contribution in [3.05, 3.63) is 53.3 Å². The van der Waals surface area contributed by atoms with E-state index < -0.39 is 0 Å². The van der Waals surface area contributed by atoms with Gasteiger partial charge in [-0.15, -0.1) is 0 Å². The number of benzene rings is 1. The summed E-state index contributed by atoms with van der Waals surface area (Å²) in [6, 6.07) is 12.8. The zero-order valence-corrected chi connectivity index (χ0v) is 15.3. The van der Waals surface area contributed by atoms with Gasteiger partial charge in [0.1, 0.15) is 5.69 Å². The summed E-state index contributed by atoms with van der Waals surface area (Å²) < 4.78 is 0. The molecule has 2 aliphatic rings. The van der Waals surface area contributed by atoms with E-state index in [1.54, 1.807) is 6.07 Å². The molecular formula is C21H26N4O. The SMILES string of the molecule is Cc1cc(C(=O)NC2CC2)nc(N2CCC(Cc3ccccc3)CC2)n1. The van der Waals surface area contributed by atoms with E-state index in [1.165, 1.54) is 5.56 Å². The highest BCUT2D eigenvalue weighted by atomic mass is 16.2. The number of hydrogen-bond donors (Lipinski definition) is 1. The van der Waals surface area contributed by atoms with Crippen LogP contribution in [0.5, 0.6) is 0 Å². The molecule has 1 saturated heterocycles. The predicted molar refractivity (Wildman–Crippen MR) is 102 cm³/mol. The first-order valence-electron chi connectivity index (χ1n) is 9.63. The summed E-state index contributed by atoms with van der Waals surface area (Å²) in [4.78, 5) is 23.7. The van der Waals surface area contributed by atoms with Crippen molar-refractivity contribution in [2.24, 2.45) is 5.92 Å². The second kappa shape index (κ2) is 7.44. The van der Waals surface area contributed by atoms with Gasteiger partial charge >= 0.3 is 0 Å². The lowest BCUT2D eigenvalue weighted by Crippen LogP contribution is -2.36. The minimum Gasteiger partial charge on any atom is -0.348 e. The number of nitrogens with zero attached hydrogens (tertiary/aromatic N) is 3. The Kier molecular flexibility index (Phi) is 4.87. The molecule has 0 radical (unpaired) electrons. The van der Waals surface area contributed by atoms with Crippen molar-refractivity contribution in [3.8, 4) is 0 Å². The molecule has 1 amide bonds. The molecule has 0 spiro atoms. The molecule has 2 heterocycles. The third-order valence-corrected chi connectivity index (χ3v) is 5.25. The normalized spacial score (nSPS) is 18.0. The summed E-state index contributed by atoms with van der Waals surface area (Å²) in [5.74, 6) is 1.33. The van der Waals surface area contributed by atoms with E-state index in [9.17, 15) is 4.79 Å². The molecule has 1 aromatic carbocycles. The number of anilines is 1. The van der Waals surface area contributed by atoms with Crippen molar-refractivity contribution in [1.82, 2.24) is 15.3 Å². The molecule has 2 aromatic rings. The third-order valence-electron chi connectivity index (χ3n) is 5.25. The molecule has 136 valence electrons. The molecular weight excluding hydrogens is 324 g/mol. The van der Waals surface area contributed by atoms with Crippen LogP contribution in [0.2, 0.25) is 0 Å². The maximum absolute atomic E-state index is 12.3. The summed E-state index contributed by atoms with van der Waals surface area (Å²) in [5, 5.41) is 3.01. The molecule has 5 heteroatoms. The van der Waals surface area contributed by atoms with Crippen LogP contribution in [0.1, 0.15) is 47.4 Å². The average Bonchev–Trinajstić information content (AvgIpc) is 3.47. The second-order valence-electron chi connectivity index (χ2n) is 7.56. The van der Waals surface area contributed by atoms with Crippen molar-refractivity contribution >= 4 is 11.9 Å². The Hall–Kier alpha value is -2.43. The Morgan fingerprint density at radius 1 is 1.12 bits per heavy atom. The van der Waals surface area contributed by atoms with Gasteiger partial charge in [0.05, 0.1) is 0 Å². The third kappa shape index (κ3) is 4.21. The Bertz CT molecular complexity index is 765. The largest absolute Gasteiger partial charge is 0.348 e. The van der Waals surface area contributed by atoms with E-state index in [0.717, 1.165) is 50.9 Å². The van der Waals surface area contributed by atoms with Gasteiger partial charge in [-0.3, -0.25) is 4.79 Å². The van der Waals surface area contributed by atoms with Crippen LogP contribution in [0.15, 0.2) is 36.4 Å². The number of rotatable bonds is 5. The van der Waals surface area contributed by atoms with Gasteiger partial charge in [0.25, 0.3) is 5.91 Å². The van der Waals surface area contributed by atoms with Gasteiger partial charge < -0.3 is 10.2 Å². The first kappa shape index (κ1) is 17.0. The number of aromatic nitrogens is 2. The zero-order valence-electron chi connectivity index (χ0n) is 15.3. The van der Waals surface area contributed by atoms with Crippen LogP contribution < -0.4 is 10.2 Å². The minimum absolute atomic E-state index is 0.0711. The molecule has 0 unspecified atom stereocenters. The van der Waals surface area contributed by atoms with Crippen LogP contribution in [0.25, 0.3) is 0 Å². The van der Waals surface area contributed by atoms with E-state index in [-0.39, 0.29) is 5.91 Å². The van der Waals surface area contributed by atoms with Crippen molar-refractivity contribution in [3.63, 3.8) is 0 Å². The lowest BCUT2D eigenvalue weighted by atomic mass is 9.90. The van der Waals surface area contributed by atoms with E-state index >= 15 is 0 Å². The first-order chi connectivity index (χ1) is 12.7. The van der Waals surface area contributed by atoms with Crippen LogP contribution in [0.4, 0.5) is 5.95 Å². The number of carbonyl (C=O) groups is 1. The fourth-order valence-corrected chi connectivity index (χ4v) is 3.58. The Balaban J connectivity index is 1.39. The second-order valence-corrected chi connectivity index (χ2v) is 7.56. The van der Waals surface area contributed by atoms with Gasteiger partial charge in [-0.25, -0.2) is 9.97 Å². The number of aryl methyl sites for hydroxylation is 1. The molecule has 1 aliphatic heterocycles. The monoisotopic (exact) mass is 350 g/mol. The Morgan fingerprint density at radius 3 is 2.54 bits per heavy atom. The van der Waals surface area contributed by atoms with Gasteiger partial charge in [-0.05, 0) is 56.6 Å². The maximum atomic E-state index is 12.3. The van der Waals surface area contributed by atoms with E-state index in [2.05, 4.69) is 50.5 Å². The fourth-order valence-electron chi connectivity index (χ4n) is 3.58. The highest BCUT2D eigenvalue weighted by molar-refractivity contribution is 5.93. The van der Waals surface area contributed by atoms with E-state index in [4.69, 9.17) is 0 Å². The van der Waals surface area contributed by atoms with Crippen LogP contribution in [0.3, 0.4) is 0 Å². The molecule has 26 heavy (non-hydrogen) atoms. The summed E-state index contributed by atoms with van der Waals surface area (Å²) in [7, 11) is 0. The van der Waals surface area contributed by atoms with E-state index in [0.29, 0.717) is 23.6 Å². The van der Waals surface area contributed by atoms with Crippen LogP contribution >= 0.6 is 0 Å². The molecule has 0 atom stereocenters. The average molecular weight is 350 g/mol. The maximum Gasteiger partial charge on any atom is 0.270 e. The van der Waals surface area contributed by atoms with Gasteiger partial charge in [0, 0.05) is 24.8 Å². The number of nitrogens with one attached hydrogen (secondary N) is 1. The van der Waals surface area contributed by atoms with Gasteiger partial charge in [0.15, 0.2) is 0 Å². The van der Waals surface area contributed by atoms with Crippen LogP contribution in [-0.4, -0.2) is 35.0 Å². The van der Waals surface area contributed by atoms with Gasteiger partial charge in [-0.1, -0.05) is 30.3 Å². The van der Waals surface area contributed by atoms with Gasteiger partial charge in [0.2, 0.25) is 5.95 Å². The lowest BCUT2D eigenvalue weighted by molar-refractivity contribution is 0.0946. The molecule has 1 aromatic heterocycles. The molecule has 1 N–H and O–H groups in total. The zero-order chi connectivity index (χ0) is 17.9. The smallest absolute Gasteiger partial charge is 0.270 e. The van der Waals surface area contributed by atoms with Gasteiger partial charge in [-0.2, -0.15) is 0 Å². The predicted octanol–water partition coefficient (Wildman–Crippen LogP) is 3.14. The lowest BCUT2D eigenvalue weighted by Gasteiger charge is -2.32. The standard InChI is InChI=1S/C21H26N4O/c1-15-13-19(20(26)23-18-7-8-18)24-21(22-15)25-11-9-17(10-12-25)14-16-5-3-2-4-6-16/h2-6,13,17-18H,7-12,14H2,1H3,(H,23,26). The minimum atomic E-state index is -0.0711. The van der Waals surface area contributed by atoms with Crippen LogP contribution in [0, 0.1) is 12.8 Å². The van der Waals surface area contributed by atoms with Crippen LogP contribution in [-0.2, 0) is 6.42 Å². The summed E-state index contributed by atoms with van der Waals surface area (Å²) in [5.41, 5.74) is 2.75. The van der Waals surface area contributed by atoms with Crippen molar-refractivity contribution in [2.45, 2.75) is 45.1 Å². The number of hydrogen-bond acceptors (Lipinski definition) is 4. The summed E-state index contributed by atoms with van der Waals surface area (Å²) in [6.45, 7) is 3.83. The molecule has 0 bridgehead atoms. The molecule has 1 aliphatic carbocycles. The summed E-state index contributed by atoms with van der Waals surface area (Å²) in [6.07, 6.45) is 5.57. The topological polar surface area (TPSA) is 58.1 Å². The highest BCUT2D eigenvalue weighted by Gasteiger charge is 2.26. The Morgan fingerprint density at radius 2 is 1.85 bits per heavy atom. The summed E-state index contributed by atoms with van der Waals surface area (Å²) >= 11 is 0. The first-order valence-corrected chi connectivity index (χ1v) is 9.63. The quantitative estimate of drug-likeness (QED) is 0.900. The Labute approximate surface area is 154 Å². The van der Waals surface area contributed by atoms with Crippen molar-refractivity contribution < 1.29 is 4.79 Å². The van der Waals surface area contributed by atoms with Crippen molar-refractivity contribution in [2.75, 3.05) is 18.0 Å². The highest BCUT2D eigenvalue weighted by Crippen LogP contribution is 2.24. The fraction of sp³-hybridized carbons (Fsp3) is 0.476. The van der Waals surface area contributed by atoms with Crippen molar-refractivity contribution in [1.29, 1.82) is 0 Å². The number of amides is 1. The molecule has 2 fully saturated rings. The number of carbonyl (C=O) groups excluding carboxylic acids is 1.